The summed E-state index contributed by atoms with van der Waals surface area (Å²) in [6.07, 6.45) is 1.84. The molecule has 116 valence electrons. The fourth-order valence-corrected chi connectivity index (χ4v) is 1.64. The molecule has 20 heavy (non-hydrogen) atoms. The van der Waals surface area contributed by atoms with Crippen LogP contribution >= 0.6 is 0 Å². The molecule has 0 fully saturated rings. The molecular weight excluding hydrogens is 264 g/mol. The molecule has 3 atom stereocenters. The average molecular weight is 288 g/mol. The molecule has 0 radical (unpaired) electrons. The zero-order chi connectivity index (χ0) is 15.7. The van der Waals surface area contributed by atoms with Crippen LogP contribution in [0.15, 0.2) is 0 Å². The zero-order valence-corrected chi connectivity index (χ0v) is 12.2. The van der Waals surface area contributed by atoms with Gasteiger partial charge in [-0.15, -0.1) is 0 Å². The van der Waals surface area contributed by atoms with Crippen LogP contribution in [-0.2, 0) is 19.1 Å². The minimum absolute atomic E-state index is 0.0800. The van der Waals surface area contributed by atoms with Crippen LogP contribution in [0.1, 0.15) is 39.5 Å². The lowest BCUT2D eigenvalue weighted by Gasteiger charge is -2.17. The van der Waals surface area contributed by atoms with Crippen molar-refractivity contribution in [2.45, 2.75) is 51.6 Å². The molecule has 0 aromatic heterocycles. The number of methoxy groups -OCH3 is 1. The first-order chi connectivity index (χ1) is 9.27. The third-order valence-corrected chi connectivity index (χ3v) is 2.96. The molecule has 0 aliphatic carbocycles. The Labute approximate surface area is 118 Å². The SMILES string of the molecule is COC(=O)C[C@H](NC(=O)C(C)CCCC(C)N)C(=O)O. The van der Waals surface area contributed by atoms with Crippen molar-refractivity contribution in [3.05, 3.63) is 0 Å². The normalized spacial score (nSPS) is 15.0. The maximum Gasteiger partial charge on any atom is 0.326 e. The van der Waals surface area contributed by atoms with E-state index in [-0.39, 0.29) is 24.3 Å². The molecule has 0 rings (SSSR count). The highest BCUT2D eigenvalue weighted by Crippen LogP contribution is 2.10. The highest BCUT2D eigenvalue weighted by Gasteiger charge is 2.25. The van der Waals surface area contributed by atoms with Crippen LogP contribution in [0.25, 0.3) is 0 Å². The molecule has 2 unspecified atom stereocenters. The number of carbonyl (C=O) groups excluding carboxylic acids is 2. The average Bonchev–Trinajstić information content (AvgIpc) is 2.36. The second-order valence-electron chi connectivity index (χ2n) is 4.99. The summed E-state index contributed by atoms with van der Waals surface area (Å²) in [6, 6.07) is -1.18. The number of carbonyl (C=O) groups is 3. The Morgan fingerprint density at radius 1 is 1.25 bits per heavy atom. The second kappa shape index (κ2) is 9.30. The van der Waals surface area contributed by atoms with Gasteiger partial charge in [0.05, 0.1) is 13.5 Å². The Morgan fingerprint density at radius 3 is 2.30 bits per heavy atom. The van der Waals surface area contributed by atoms with E-state index in [9.17, 15) is 14.4 Å². The molecule has 0 bridgehead atoms. The van der Waals surface area contributed by atoms with E-state index in [4.69, 9.17) is 10.8 Å². The van der Waals surface area contributed by atoms with E-state index in [1.54, 1.807) is 6.92 Å². The number of ether oxygens (including phenoxy) is 1. The maximum absolute atomic E-state index is 11.8. The van der Waals surface area contributed by atoms with E-state index in [0.717, 1.165) is 12.8 Å². The topological polar surface area (TPSA) is 119 Å². The van der Waals surface area contributed by atoms with Crippen molar-refractivity contribution >= 4 is 17.8 Å². The second-order valence-corrected chi connectivity index (χ2v) is 4.99. The van der Waals surface area contributed by atoms with E-state index < -0.39 is 18.0 Å². The molecule has 0 spiro atoms. The van der Waals surface area contributed by atoms with Gasteiger partial charge in [-0.25, -0.2) is 4.79 Å². The van der Waals surface area contributed by atoms with Crippen molar-refractivity contribution in [3.63, 3.8) is 0 Å². The Bertz CT molecular complexity index is 344. The van der Waals surface area contributed by atoms with E-state index >= 15 is 0 Å². The Balaban J connectivity index is 4.30. The van der Waals surface area contributed by atoms with Crippen LogP contribution < -0.4 is 11.1 Å². The number of nitrogens with one attached hydrogen (secondary N) is 1. The van der Waals surface area contributed by atoms with Gasteiger partial charge in [0.25, 0.3) is 0 Å². The van der Waals surface area contributed by atoms with E-state index in [1.807, 2.05) is 6.92 Å². The summed E-state index contributed by atoms with van der Waals surface area (Å²) in [5.41, 5.74) is 5.62. The van der Waals surface area contributed by atoms with Gasteiger partial charge < -0.3 is 20.9 Å². The monoisotopic (exact) mass is 288 g/mol. The van der Waals surface area contributed by atoms with Crippen molar-refractivity contribution in [2.24, 2.45) is 11.7 Å². The molecule has 4 N–H and O–H groups in total. The maximum atomic E-state index is 11.8. The first-order valence-corrected chi connectivity index (χ1v) is 6.63. The highest BCUT2D eigenvalue weighted by atomic mass is 16.5. The van der Waals surface area contributed by atoms with Crippen LogP contribution in [0.5, 0.6) is 0 Å². The highest BCUT2D eigenvalue weighted by molar-refractivity contribution is 5.87. The quantitative estimate of drug-likeness (QED) is 0.524. The van der Waals surface area contributed by atoms with Gasteiger partial charge in [-0.3, -0.25) is 9.59 Å². The largest absolute Gasteiger partial charge is 0.480 e. The number of hydrogen-bond acceptors (Lipinski definition) is 5. The summed E-state index contributed by atoms with van der Waals surface area (Å²) in [5, 5.41) is 11.3. The van der Waals surface area contributed by atoms with Gasteiger partial charge in [-0.05, 0) is 19.8 Å². The predicted molar refractivity (Wildman–Crippen MR) is 72.9 cm³/mol. The summed E-state index contributed by atoms with van der Waals surface area (Å²) < 4.78 is 4.40. The number of rotatable bonds is 9. The first kappa shape index (κ1) is 18.4. The summed E-state index contributed by atoms with van der Waals surface area (Å²) >= 11 is 0. The molecule has 1 amide bonds. The number of aliphatic carboxylic acids is 1. The third kappa shape index (κ3) is 7.73. The third-order valence-electron chi connectivity index (χ3n) is 2.96. The number of esters is 1. The Morgan fingerprint density at radius 2 is 1.85 bits per heavy atom. The van der Waals surface area contributed by atoms with Crippen LogP contribution in [0, 0.1) is 5.92 Å². The lowest BCUT2D eigenvalue weighted by molar-refractivity contribution is -0.149. The van der Waals surface area contributed by atoms with Gasteiger partial charge in [-0.2, -0.15) is 0 Å². The summed E-state index contributed by atoms with van der Waals surface area (Å²) in [5.74, 6) is -2.65. The predicted octanol–water partition coefficient (Wildman–Crippen LogP) is 0.273. The zero-order valence-electron chi connectivity index (χ0n) is 12.2. The fraction of sp³-hybridized carbons (Fsp3) is 0.769. The number of hydrogen-bond donors (Lipinski definition) is 3. The number of carboxylic acid groups (broad SMARTS) is 1. The Hall–Kier alpha value is -1.63. The van der Waals surface area contributed by atoms with Crippen molar-refractivity contribution in [2.75, 3.05) is 7.11 Å². The molecule has 0 aromatic carbocycles. The van der Waals surface area contributed by atoms with Gasteiger partial charge in [0.15, 0.2) is 0 Å². The van der Waals surface area contributed by atoms with Crippen molar-refractivity contribution in [1.29, 1.82) is 0 Å². The van der Waals surface area contributed by atoms with E-state index in [1.165, 1.54) is 7.11 Å². The molecule has 0 aliphatic rings. The molecule has 0 saturated heterocycles. The smallest absolute Gasteiger partial charge is 0.326 e. The number of carboxylic acids is 1. The lowest BCUT2D eigenvalue weighted by Crippen LogP contribution is -2.44. The first-order valence-electron chi connectivity index (χ1n) is 6.63. The molecule has 7 nitrogen and oxygen atoms in total. The molecule has 7 heteroatoms. The van der Waals surface area contributed by atoms with Gasteiger partial charge >= 0.3 is 11.9 Å². The number of nitrogens with two attached hydrogens (primary N) is 1. The van der Waals surface area contributed by atoms with Crippen molar-refractivity contribution < 1.29 is 24.2 Å². The van der Waals surface area contributed by atoms with Crippen molar-refractivity contribution in [3.8, 4) is 0 Å². The van der Waals surface area contributed by atoms with Crippen LogP contribution in [0.3, 0.4) is 0 Å². The van der Waals surface area contributed by atoms with Gasteiger partial charge in [0.1, 0.15) is 6.04 Å². The number of amides is 1. The minimum Gasteiger partial charge on any atom is -0.480 e. The molecule has 0 saturated carbocycles. The molecular formula is C13H24N2O5. The summed E-state index contributed by atoms with van der Waals surface area (Å²) in [6.45, 7) is 3.61. The van der Waals surface area contributed by atoms with Crippen molar-refractivity contribution in [1.82, 2.24) is 5.32 Å². The van der Waals surface area contributed by atoms with E-state index in [0.29, 0.717) is 6.42 Å². The summed E-state index contributed by atoms with van der Waals surface area (Å²) in [4.78, 5) is 33.9. The van der Waals surface area contributed by atoms with Gasteiger partial charge in [0, 0.05) is 12.0 Å². The molecule has 0 aromatic rings. The molecule has 0 aliphatic heterocycles. The lowest BCUT2D eigenvalue weighted by atomic mass is 10.0. The van der Waals surface area contributed by atoms with E-state index in [2.05, 4.69) is 10.1 Å². The van der Waals surface area contributed by atoms with Gasteiger partial charge in [0.2, 0.25) is 5.91 Å². The van der Waals surface area contributed by atoms with Crippen LogP contribution in [0.2, 0.25) is 0 Å². The standard InChI is InChI=1S/C13H24N2O5/c1-8(5-4-6-9(2)14)12(17)15-10(13(18)19)7-11(16)20-3/h8-10H,4-7,14H2,1-3H3,(H,15,17)(H,18,19)/t8?,9?,10-/m0/s1. The fourth-order valence-electron chi connectivity index (χ4n) is 1.64. The van der Waals surface area contributed by atoms with Crippen LogP contribution in [0.4, 0.5) is 0 Å². The van der Waals surface area contributed by atoms with Crippen LogP contribution in [-0.4, -0.2) is 42.1 Å². The van der Waals surface area contributed by atoms with Gasteiger partial charge in [-0.1, -0.05) is 13.3 Å². The molecule has 0 heterocycles. The minimum atomic E-state index is -1.26. The Kier molecular flexibility index (Phi) is 8.54. The summed E-state index contributed by atoms with van der Waals surface area (Å²) in [7, 11) is 1.17.